The number of pyridine rings is 1. The van der Waals surface area contributed by atoms with Crippen molar-refractivity contribution in [3.05, 3.63) is 98.5 Å². The van der Waals surface area contributed by atoms with E-state index in [9.17, 15) is 9.59 Å². The summed E-state index contributed by atoms with van der Waals surface area (Å²) in [7, 11) is 0. The fourth-order valence-electron chi connectivity index (χ4n) is 3.44. The minimum Gasteiger partial charge on any atom is -1.00 e. The van der Waals surface area contributed by atoms with Crippen molar-refractivity contribution in [3.63, 3.8) is 0 Å². The maximum Gasteiger partial charge on any atom is 0.286 e. The van der Waals surface area contributed by atoms with Crippen molar-refractivity contribution >= 4 is 45.5 Å². The standard InChI is InChI=1S/C23H17IN2O2.HI/c1-14-11-15(2)13-26(12-14)21-20(25-17-9-7-16(24)8-10-17)22(27)18-5-3-4-6-19(18)23(21)28;/h3-13H,1-2H3;1H. The van der Waals surface area contributed by atoms with Crippen LogP contribution in [0.3, 0.4) is 0 Å². The SMILES string of the molecule is Cc1cc(C)c[n+](C2=C(Nc3ccc(I)cc3)C(=O)c3ccccc3C2=O)c1.[I-]. The fraction of sp³-hybridized carbons (Fsp3) is 0.0870. The Kier molecular flexibility index (Phi) is 6.52. The van der Waals surface area contributed by atoms with Gasteiger partial charge in [-0.05, 0) is 66.8 Å². The zero-order valence-corrected chi connectivity index (χ0v) is 20.2. The van der Waals surface area contributed by atoms with E-state index in [0.29, 0.717) is 22.5 Å². The third kappa shape index (κ3) is 4.28. The molecule has 29 heavy (non-hydrogen) atoms. The van der Waals surface area contributed by atoms with Crippen molar-refractivity contribution in [2.45, 2.75) is 13.8 Å². The Hall–Kier alpha value is -2.07. The summed E-state index contributed by atoms with van der Waals surface area (Å²) >= 11 is 2.23. The van der Waals surface area contributed by atoms with Gasteiger partial charge in [-0.3, -0.25) is 9.59 Å². The van der Waals surface area contributed by atoms with Crippen LogP contribution in [0.5, 0.6) is 0 Å². The highest BCUT2D eigenvalue weighted by molar-refractivity contribution is 14.1. The van der Waals surface area contributed by atoms with Crippen LogP contribution in [0.15, 0.2) is 72.7 Å². The van der Waals surface area contributed by atoms with Crippen molar-refractivity contribution in [2.24, 2.45) is 0 Å². The minimum absolute atomic E-state index is 0. The van der Waals surface area contributed by atoms with Crippen LogP contribution in [0.25, 0.3) is 5.70 Å². The molecule has 3 aromatic rings. The largest absolute Gasteiger partial charge is 1.00 e. The molecule has 1 N–H and O–H groups in total. The van der Waals surface area contributed by atoms with Crippen LogP contribution in [0.2, 0.25) is 0 Å². The minimum atomic E-state index is -0.185. The molecule has 0 radical (unpaired) electrons. The monoisotopic (exact) mass is 608 g/mol. The molecule has 0 saturated carbocycles. The summed E-state index contributed by atoms with van der Waals surface area (Å²) in [6.45, 7) is 3.94. The Morgan fingerprint density at radius 2 is 1.38 bits per heavy atom. The second-order valence-electron chi connectivity index (χ2n) is 6.86. The summed E-state index contributed by atoms with van der Waals surface area (Å²) in [5.74, 6) is -0.353. The van der Waals surface area contributed by atoms with Crippen LogP contribution in [0.4, 0.5) is 5.69 Å². The number of hydrogen-bond acceptors (Lipinski definition) is 3. The number of Topliss-reactive ketones (excluding diaryl/α,β-unsaturated/α-hetero) is 2. The van der Waals surface area contributed by atoms with Gasteiger partial charge in [0.1, 0.15) is 0 Å². The Labute approximate surface area is 200 Å². The first-order chi connectivity index (χ1) is 13.4. The van der Waals surface area contributed by atoms with Crippen molar-refractivity contribution in [2.75, 3.05) is 5.32 Å². The summed E-state index contributed by atoms with van der Waals surface area (Å²) in [6, 6.07) is 16.7. The molecule has 0 atom stereocenters. The number of ketones is 2. The van der Waals surface area contributed by atoms with Crippen molar-refractivity contribution in [3.8, 4) is 0 Å². The van der Waals surface area contributed by atoms with Crippen molar-refractivity contribution in [1.29, 1.82) is 0 Å². The molecule has 1 heterocycles. The second-order valence-corrected chi connectivity index (χ2v) is 8.10. The number of hydrogen-bond donors (Lipinski definition) is 1. The fourth-order valence-corrected chi connectivity index (χ4v) is 3.80. The summed E-state index contributed by atoms with van der Waals surface area (Å²) in [6.07, 6.45) is 3.74. The lowest BCUT2D eigenvalue weighted by molar-refractivity contribution is -0.578. The van der Waals surface area contributed by atoms with E-state index >= 15 is 0 Å². The lowest BCUT2D eigenvalue weighted by Crippen LogP contribution is -3.00. The molecule has 1 aromatic heterocycles. The zero-order chi connectivity index (χ0) is 19.8. The van der Waals surface area contributed by atoms with Gasteiger partial charge in [0, 0.05) is 31.5 Å². The van der Waals surface area contributed by atoms with E-state index in [4.69, 9.17) is 0 Å². The third-order valence-corrected chi connectivity index (χ3v) is 5.33. The van der Waals surface area contributed by atoms with Crippen LogP contribution < -0.4 is 33.9 Å². The molecular weight excluding hydrogens is 590 g/mol. The Balaban J connectivity index is 0.00000240. The van der Waals surface area contributed by atoms with Gasteiger partial charge in [0.05, 0.1) is 0 Å². The zero-order valence-electron chi connectivity index (χ0n) is 15.9. The number of rotatable bonds is 3. The van der Waals surface area contributed by atoms with E-state index in [1.165, 1.54) is 0 Å². The van der Waals surface area contributed by atoms with Gasteiger partial charge in [0.2, 0.25) is 5.78 Å². The number of nitrogens with zero attached hydrogens (tertiary/aromatic N) is 1. The van der Waals surface area contributed by atoms with E-state index in [2.05, 4.69) is 27.9 Å². The number of fused-ring (bicyclic) bond motifs is 1. The molecule has 0 spiro atoms. The number of benzene rings is 2. The molecule has 0 saturated heterocycles. The predicted octanol–water partition coefficient (Wildman–Crippen LogP) is 1.56. The van der Waals surface area contributed by atoms with E-state index in [-0.39, 0.29) is 35.5 Å². The van der Waals surface area contributed by atoms with Gasteiger partial charge >= 0.3 is 0 Å². The van der Waals surface area contributed by atoms with E-state index < -0.39 is 0 Å². The van der Waals surface area contributed by atoms with E-state index in [1.54, 1.807) is 28.8 Å². The molecular formula is C23H18I2N2O2. The van der Waals surface area contributed by atoms with Gasteiger partial charge in [0.15, 0.2) is 18.1 Å². The lowest BCUT2D eigenvalue weighted by Gasteiger charge is -2.18. The summed E-state index contributed by atoms with van der Waals surface area (Å²) in [5.41, 5.74) is 4.28. The van der Waals surface area contributed by atoms with Crippen LogP contribution in [0.1, 0.15) is 31.8 Å². The predicted molar refractivity (Wildman–Crippen MR) is 117 cm³/mol. The quantitative estimate of drug-likeness (QED) is 0.363. The molecule has 2 aromatic carbocycles. The summed E-state index contributed by atoms with van der Waals surface area (Å²) in [5, 5.41) is 3.20. The first-order valence-corrected chi connectivity index (χ1v) is 9.97. The Bertz CT molecular complexity index is 1130. The average Bonchev–Trinajstić information content (AvgIpc) is 2.67. The van der Waals surface area contributed by atoms with E-state index in [0.717, 1.165) is 20.4 Å². The molecule has 1 aliphatic rings. The second kappa shape index (κ2) is 8.74. The molecule has 4 rings (SSSR count). The first kappa shape index (κ1) is 21.6. The molecule has 0 bridgehead atoms. The molecule has 0 unspecified atom stereocenters. The lowest BCUT2D eigenvalue weighted by atomic mass is 9.90. The number of allylic oxidation sites excluding steroid dienone is 2. The third-order valence-electron chi connectivity index (χ3n) is 4.61. The van der Waals surface area contributed by atoms with Crippen LogP contribution >= 0.6 is 22.6 Å². The normalized spacial score (nSPS) is 13.1. The highest BCUT2D eigenvalue weighted by Crippen LogP contribution is 2.28. The number of aryl methyl sites for hydroxylation is 2. The average molecular weight is 608 g/mol. The van der Waals surface area contributed by atoms with Gasteiger partial charge in [-0.1, -0.05) is 24.3 Å². The van der Waals surface area contributed by atoms with Gasteiger partial charge in [-0.2, -0.15) is 4.57 Å². The van der Waals surface area contributed by atoms with Crippen LogP contribution in [0, 0.1) is 17.4 Å². The summed E-state index contributed by atoms with van der Waals surface area (Å²) < 4.78 is 2.85. The number of nitrogens with one attached hydrogen (secondary N) is 1. The highest BCUT2D eigenvalue weighted by Gasteiger charge is 2.38. The number of halogens is 2. The number of anilines is 1. The van der Waals surface area contributed by atoms with Crippen LogP contribution in [-0.2, 0) is 0 Å². The molecule has 0 fully saturated rings. The van der Waals surface area contributed by atoms with Gasteiger partial charge < -0.3 is 29.3 Å². The molecule has 0 amide bonds. The maximum atomic E-state index is 13.4. The van der Waals surface area contributed by atoms with Gasteiger partial charge in [-0.15, -0.1) is 0 Å². The number of carbonyl (C=O) groups is 2. The smallest absolute Gasteiger partial charge is 0.286 e. The maximum absolute atomic E-state index is 13.4. The van der Waals surface area contributed by atoms with E-state index in [1.807, 2.05) is 56.6 Å². The molecule has 0 aliphatic heterocycles. The molecule has 146 valence electrons. The van der Waals surface area contributed by atoms with Gasteiger partial charge in [0.25, 0.3) is 11.5 Å². The number of aromatic nitrogens is 1. The van der Waals surface area contributed by atoms with Gasteiger partial charge in [-0.25, -0.2) is 0 Å². The van der Waals surface area contributed by atoms with Crippen molar-refractivity contribution in [1.82, 2.24) is 0 Å². The Morgan fingerprint density at radius 3 is 1.97 bits per heavy atom. The van der Waals surface area contributed by atoms with Crippen LogP contribution in [-0.4, -0.2) is 11.6 Å². The summed E-state index contributed by atoms with van der Waals surface area (Å²) in [4.78, 5) is 26.7. The topological polar surface area (TPSA) is 50.1 Å². The molecule has 4 nitrogen and oxygen atoms in total. The van der Waals surface area contributed by atoms with Crippen molar-refractivity contribution < 1.29 is 38.1 Å². The first-order valence-electron chi connectivity index (χ1n) is 8.89. The number of carbonyl (C=O) groups excluding carboxylic acids is 2. The molecule has 6 heteroatoms. The Morgan fingerprint density at radius 1 is 0.828 bits per heavy atom. The molecule has 1 aliphatic carbocycles. The highest BCUT2D eigenvalue weighted by atomic mass is 127.